The van der Waals surface area contributed by atoms with Crippen LogP contribution in [-0.4, -0.2) is 58.6 Å². The van der Waals surface area contributed by atoms with Gasteiger partial charge in [0.1, 0.15) is 5.82 Å². The summed E-state index contributed by atoms with van der Waals surface area (Å²) in [5.74, 6) is 0.813. The van der Waals surface area contributed by atoms with Gasteiger partial charge in [0.05, 0.1) is 18.3 Å². The molecule has 1 N–H and O–H groups in total. The molecule has 1 atom stereocenters. The van der Waals surface area contributed by atoms with Crippen molar-refractivity contribution in [3.8, 4) is 0 Å². The average molecular weight is 236 g/mol. The molecule has 0 amide bonds. The zero-order valence-electron chi connectivity index (χ0n) is 10.5. The summed E-state index contributed by atoms with van der Waals surface area (Å²) in [5, 5.41) is 9.12. The zero-order chi connectivity index (χ0) is 12.3. The third kappa shape index (κ3) is 3.00. The van der Waals surface area contributed by atoms with E-state index in [4.69, 9.17) is 5.11 Å². The average Bonchev–Trinajstić information content (AvgIpc) is 2.51. The van der Waals surface area contributed by atoms with E-state index < -0.39 is 0 Å². The highest BCUT2D eigenvalue weighted by atomic mass is 16.3. The molecule has 1 fully saturated rings. The number of rotatable bonds is 2. The Morgan fingerprint density at radius 3 is 3.00 bits per heavy atom. The number of hydrogen-bond donors (Lipinski definition) is 1. The van der Waals surface area contributed by atoms with Crippen molar-refractivity contribution in [2.24, 2.45) is 0 Å². The normalized spacial score (nSPS) is 23.6. The molecule has 1 saturated heterocycles. The molecule has 0 aromatic carbocycles. The van der Waals surface area contributed by atoms with Crippen LogP contribution < -0.4 is 0 Å². The molecule has 0 aliphatic carbocycles. The zero-order valence-corrected chi connectivity index (χ0v) is 10.5. The molecule has 0 bridgehead atoms. The first-order valence-electron chi connectivity index (χ1n) is 6.02. The summed E-state index contributed by atoms with van der Waals surface area (Å²) >= 11 is 0. The van der Waals surface area contributed by atoms with Crippen molar-refractivity contribution < 1.29 is 5.11 Å². The van der Waals surface area contributed by atoms with Crippen LogP contribution in [-0.2, 0) is 6.61 Å². The van der Waals surface area contributed by atoms with E-state index in [9.17, 15) is 0 Å². The second-order valence-corrected chi connectivity index (χ2v) is 4.68. The lowest BCUT2D eigenvalue weighted by atomic mass is 10.2. The fourth-order valence-electron chi connectivity index (χ4n) is 2.21. The van der Waals surface area contributed by atoms with Gasteiger partial charge in [-0.05, 0) is 39.7 Å². The van der Waals surface area contributed by atoms with Crippen LogP contribution in [0.25, 0.3) is 0 Å². The molecule has 5 heteroatoms. The van der Waals surface area contributed by atoms with Crippen LogP contribution in [0.4, 0.5) is 0 Å². The van der Waals surface area contributed by atoms with Gasteiger partial charge < -0.3 is 10.0 Å². The van der Waals surface area contributed by atoms with Crippen LogP contribution in [0.15, 0.2) is 12.3 Å². The Morgan fingerprint density at radius 2 is 2.24 bits per heavy atom. The second-order valence-electron chi connectivity index (χ2n) is 4.68. The maximum absolute atomic E-state index is 9.12. The van der Waals surface area contributed by atoms with E-state index in [2.05, 4.69) is 33.9 Å². The Bertz CT molecular complexity index is 371. The number of aromatic nitrogens is 2. The quantitative estimate of drug-likeness (QED) is 0.799. The third-order valence-corrected chi connectivity index (χ3v) is 3.26. The highest BCUT2D eigenvalue weighted by Gasteiger charge is 2.24. The molecule has 2 heterocycles. The van der Waals surface area contributed by atoms with E-state index in [1.54, 1.807) is 12.3 Å². The van der Waals surface area contributed by atoms with Crippen molar-refractivity contribution >= 4 is 0 Å². The van der Waals surface area contributed by atoms with Gasteiger partial charge in [0, 0.05) is 12.7 Å². The number of hydrogen-bond acceptors (Lipinski definition) is 5. The molecular formula is C12H20N4O. The largest absolute Gasteiger partial charge is 0.390 e. The Morgan fingerprint density at radius 1 is 1.41 bits per heavy atom. The lowest BCUT2D eigenvalue weighted by Gasteiger charge is -2.26. The van der Waals surface area contributed by atoms with Gasteiger partial charge in [-0.15, -0.1) is 0 Å². The molecule has 1 aromatic heterocycles. The van der Waals surface area contributed by atoms with Crippen LogP contribution >= 0.6 is 0 Å². The smallest absolute Gasteiger partial charge is 0.147 e. The van der Waals surface area contributed by atoms with Gasteiger partial charge in [0.2, 0.25) is 0 Å². The lowest BCUT2D eigenvalue weighted by Crippen LogP contribution is -2.32. The number of likely N-dealkylation sites (N-methyl/N-ethyl adjacent to an activating group) is 2. The first-order valence-corrected chi connectivity index (χ1v) is 6.02. The Labute approximate surface area is 102 Å². The predicted molar refractivity (Wildman–Crippen MR) is 65.4 cm³/mol. The molecule has 5 nitrogen and oxygen atoms in total. The van der Waals surface area contributed by atoms with Gasteiger partial charge in [-0.1, -0.05) is 0 Å². The van der Waals surface area contributed by atoms with Crippen molar-refractivity contribution in [1.29, 1.82) is 0 Å². The fourth-order valence-corrected chi connectivity index (χ4v) is 2.21. The molecule has 94 valence electrons. The van der Waals surface area contributed by atoms with E-state index in [1.807, 2.05) is 0 Å². The van der Waals surface area contributed by atoms with Gasteiger partial charge >= 0.3 is 0 Å². The SMILES string of the molecule is CN1CCCN(C)C(c2nccc(CO)n2)C1. The third-order valence-electron chi connectivity index (χ3n) is 3.26. The van der Waals surface area contributed by atoms with Crippen molar-refractivity contribution in [2.45, 2.75) is 19.1 Å². The van der Waals surface area contributed by atoms with Crippen LogP contribution in [0, 0.1) is 0 Å². The van der Waals surface area contributed by atoms with E-state index in [-0.39, 0.29) is 12.6 Å². The van der Waals surface area contributed by atoms with Crippen molar-refractivity contribution in [3.63, 3.8) is 0 Å². The van der Waals surface area contributed by atoms with Crippen molar-refractivity contribution in [1.82, 2.24) is 19.8 Å². The van der Waals surface area contributed by atoms with Gasteiger partial charge in [-0.2, -0.15) is 0 Å². The van der Waals surface area contributed by atoms with E-state index in [1.165, 1.54) is 6.42 Å². The molecule has 1 aliphatic heterocycles. The second kappa shape index (κ2) is 5.53. The summed E-state index contributed by atoms with van der Waals surface area (Å²) in [7, 11) is 4.24. The maximum atomic E-state index is 9.12. The van der Waals surface area contributed by atoms with E-state index in [0.717, 1.165) is 25.5 Å². The summed E-state index contributed by atoms with van der Waals surface area (Å²) in [6.07, 6.45) is 2.90. The van der Waals surface area contributed by atoms with Gasteiger partial charge in [0.15, 0.2) is 0 Å². The molecule has 1 aliphatic rings. The Balaban J connectivity index is 2.22. The van der Waals surface area contributed by atoms with E-state index >= 15 is 0 Å². The van der Waals surface area contributed by atoms with Gasteiger partial charge in [-0.3, -0.25) is 4.90 Å². The number of aliphatic hydroxyl groups is 1. The summed E-state index contributed by atoms with van der Waals surface area (Å²) < 4.78 is 0. The summed E-state index contributed by atoms with van der Waals surface area (Å²) in [6.45, 7) is 3.08. The van der Waals surface area contributed by atoms with Gasteiger partial charge in [0.25, 0.3) is 0 Å². The molecule has 1 aromatic rings. The van der Waals surface area contributed by atoms with Crippen molar-refractivity contribution in [2.75, 3.05) is 33.7 Å². The Kier molecular flexibility index (Phi) is 4.04. The van der Waals surface area contributed by atoms with Crippen molar-refractivity contribution in [3.05, 3.63) is 23.8 Å². The Hall–Kier alpha value is -1.04. The summed E-state index contributed by atoms with van der Waals surface area (Å²) in [6, 6.07) is 1.97. The molecule has 1 unspecified atom stereocenters. The molecule has 0 spiro atoms. The minimum Gasteiger partial charge on any atom is -0.390 e. The molecular weight excluding hydrogens is 216 g/mol. The van der Waals surface area contributed by atoms with Crippen LogP contribution in [0.5, 0.6) is 0 Å². The molecule has 0 radical (unpaired) electrons. The highest BCUT2D eigenvalue weighted by molar-refractivity contribution is 5.05. The molecule has 17 heavy (non-hydrogen) atoms. The highest BCUT2D eigenvalue weighted by Crippen LogP contribution is 2.19. The number of aliphatic hydroxyl groups excluding tert-OH is 1. The molecule has 0 saturated carbocycles. The number of nitrogens with zero attached hydrogens (tertiary/aromatic N) is 4. The minimum absolute atomic E-state index is 0.0260. The summed E-state index contributed by atoms with van der Waals surface area (Å²) in [4.78, 5) is 13.4. The standard InChI is InChI=1S/C12H20N4O/c1-15-6-3-7-16(2)11(8-15)12-13-5-4-10(9-17)14-12/h4-5,11,17H,3,6-9H2,1-2H3. The maximum Gasteiger partial charge on any atom is 0.147 e. The first-order chi connectivity index (χ1) is 8.20. The van der Waals surface area contributed by atoms with E-state index in [0.29, 0.717) is 5.69 Å². The van der Waals surface area contributed by atoms with Gasteiger partial charge in [-0.25, -0.2) is 9.97 Å². The summed E-state index contributed by atoms with van der Waals surface area (Å²) in [5.41, 5.74) is 0.690. The van der Waals surface area contributed by atoms with Crippen LogP contribution in [0.1, 0.15) is 24.0 Å². The lowest BCUT2D eigenvalue weighted by molar-refractivity contribution is 0.217. The molecule has 2 rings (SSSR count). The fraction of sp³-hybridized carbons (Fsp3) is 0.667. The first kappa shape index (κ1) is 12.4. The van der Waals surface area contributed by atoms with Crippen LogP contribution in [0.2, 0.25) is 0 Å². The minimum atomic E-state index is -0.0260. The monoisotopic (exact) mass is 236 g/mol. The topological polar surface area (TPSA) is 52.5 Å². The predicted octanol–water partition coefficient (Wildman–Crippen LogP) is 0.277. The van der Waals surface area contributed by atoms with Crippen LogP contribution in [0.3, 0.4) is 0 Å².